The number of sulfone groups is 1. The number of anilines is 3. The molecule has 6 heterocycles. The van der Waals surface area contributed by atoms with Gasteiger partial charge in [0, 0.05) is 49.3 Å². The zero-order chi connectivity index (χ0) is 31.1. The van der Waals surface area contributed by atoms with E-state index in [4.69, 9.17) is 4.74 Å². The minimum Gasteiger partial charge on any atom is -0.377 e. The Bertz CT molecular complexity index is 1780. The Morgan fingerprint density at radius 3 is 2.49 bits per heavy atom. The summed E-state index contributed by atoms with van der Waals surface area (Å²) in [6.45, 7) is 2.46. The minimum atomic E-state index is -4.81. The molecule has 1 amide bonds. The number of nitrogens with zero attached hydrogens (tertiary/aromatic N) is 4. The van der Waals surface area contributed by atoms with Crippen LogP contribution in [0.3, 0.4) is 0 Å². The zero-order valence-electron chi connectivity index (χ0n) is 24.1. The number of piperazine rings is 1. The molecule has 3 aromatic rings. The number of thiophene rings is 1. The van der Waals surface area contributed by atoms with Gasteiger partial charge in [-0.25, -0.2) is 18.4 Å². The van der Waals surface area contributed by atoms with Crippen molar-refractivity contribution in [3.63, 3.8) is 0 Å². The highest BCUT2D eigenvalue weighted by Crippen LogP contribution is 2.46. The predicted octanol–water partition coefficient (Wildman–Crippen LogP) is 4.41. The van der Waals surface area contributed by atoms with E-state index in [9.17, 15) is 26.4 Å². The number of rotatable bonds is 6. The smallest absolute Gasteiger partial charge is 0.377 e. The van der Waals surface area contributed by atoms with Crippen molar-refractivity contribution in [3.05, 3.63) is 46.5 Å². The maximum atomic E-state index is 14.2. The summed E-state index contributed by atoms with van der Waals surface area (Å²) in [4.78, 5) is 25.2. The van der Waals surface area contributed by atoms with Gasteiger partial charge in [0.25, 0.3) is 5.91 Å². The average molecular weight is 661 g/mol. The molecule has 1 saturated carbocycles. The number of aromatic nitrogens is 2. The molecule has 238 valence electrons. The summed E-state index contributed by atoms with van der Waals surface area (Å²) in [5.74, 6) is -0.549. The summed E-state index contributed by atoms with van der Waals surface area (Å²) in [6, 6.07) is 7.98. The Balaban J connectivity index is 1.15. The standard InChI is InChI=1S/C30H31F3N6O4S2/c31-30(32,33)22-11-34-29(36-23-6-5-19(9-21(23)16-1-2-16)38-12-17-3-4-18(13-38)35-17)37-26(22)24-10-25-27(44-24)28(40)39(20-14-43-15-20)7-8-45(25,41)42/h5-6,9-11,16-18,20,35H,1-4,7-8,12-15H2,(H,34,36,37). The van der Waals surface area contributed by atoms with Crippen LogP contribution in [0, 0.1) is 0 Å². The lowest BCUT2D eigenvalue weighted by molar-refractivity contribution is -0.137. The number of alkyl halides is 3. The van der Waals surface area contributed by atoms with Crippen molar-refractivity contribution in [2.24, 2.45) is 0 Å². The fourth-order valence-corrected chi connectivity index (χ4v) is 9.66. The number of fused-ring (bicyclic) bond motifs is 3. The fraction of sp³-hybridized carbons (Fsp3) is 0.500. The molecule has 10 nitrogen and oxygen atoms in total. The molecule has 2 N–H and O–H groups in total. The lowest BCUT2D eigenvalue weighted by Gasteiger charge is -2.36. The van der Waals surface area contributed by atoms with Gasteiger partial charge >= 0.3 is 6.18 Å². The number of nitrogens with one attached hydrogen (secondary N) is 2. The second-order valence-corrected chi connectivity index (χ2v) is 15.6. The Morgan fingerprint density at radius 2 is 1.82 bits per heavy atom. The monoisotopic (exact) mass is 660 g/mol. The van der Waals surface area contributed by atoms with Gasteiger partial charge in [-0.15, -0.1) is 11.3 Å². The first-order valence-corrected chi connectivity index (χ1v) is 17.6. The van der Waals surface area contributed by atoms with Crippen molar-refractivity contribution >= 4 is 44.4 Å². The summed E-state index contributed by atoms with van der Waals surface area (Å²) in [5.41, 5.74) is 1.35. The molecule has 4 aliphatic heterocycles. The lowest BCUT2D eigenvalue weighted by Crippen LogP contribution is -2.52. The number of carbonyl (C=O) groups excluding carboxylic acids is 1. The number of hydrogen-bond acceptors (Lipinski definition) is 10. The number of benzene rings is 1. The van der Waals surface area contributed by atoms with Gasteiger partial charge in [0.1, 0.15) is 10.4 Å². The third kappa shape index (κ3) is 5.36. The maximum absolute atomic E-state index is 14.2. The molecule has 15 heteroatoms. The molecule has 0 radical (unpaired) electrons. The molecule has 2 aromatic heterocycles. The molecule has 1 aliphatic carbocycles. The summed E-state index contributed by atoms with van der Waals surface area (Å²) in [5, 5.41) is 6.80. The van der Waals surface area contributed by atoms with Gasteiger partial charge in [0.05, 0.1) is 40.5 Å². The van der Waals surface area contributed by atoms with Crippen molar-refractivity contribution in [3.8, 4) is 10.6 Å². The van der Waals surface area contributed by atoms with Crippen molar-refractivity contribution in [1.29, 1.82) is 0 Å². The molecule has 3 saturated heterocycles. The van der Waals surface area contributed by atoms with Crippen LogP contribution in [0.2, 0.25) is 0 Å². The van der Waals surface area contributed by atoms with Crippen LogP contribution in [0.25, 0.3) is 10.6 Å². The van der Waals surface area contributed by atoms with Crippen molar-refractivity contribution < 1.29 is 31.1 Å². The van der Waals surface area contributed by atoms with E-state index in [1.165, 1.54) is 17.7 Å². The van der Waals surface area contributed by atoms with Crippen LogP contribution in [-0.4, -0.2) is 85.9 Å². The molecule has 0 spiro atoms. The van der Waals surface area contributed by atoms with Gasteiger partial charge in [-0.05, 0) is 61.4 Å². The van der Waals surface area contributed by atoms with Crippen LogP contribution in [0.15, 0.2) is 35.4 Å². The quantitative estimate of drug-likeness (QED) is 0.397. The molecule has 2 bridgehead atoms. The Morgan fingerprint density at radius 1 is 1.07 bits per heavy atom. The molecule has 1 aromatic carbocycles. The highest BCUT2D eigenvalue weighted by atomic mass is 32.2. The number of amides is 1. The largest absolute Gasteiger partial charge is 0.420 e. The molecular formula is C30H31F3N6O4S2. The number of hydrogen-bond donors (Lipinski definition) is 2. The number of carbonyl (C=O) groups is 1. The first-order valence-electron chi connectivity index (χ1n) is 15.2. The number of ether oxygens (including phenoxy) is 1. The van der Waals surface area contributed by atoms with Gasteiger partial charge in [0.15, 0.2) is 9.84 Å². The van der Waals surface area contributed by atoms with E-state index < -0.39 is 33.2 Å². The van der Waals surface area contributed by atoms with Crippen LogP contribution < -0.4 is 15.5 Å². The Labute approximate surface area is 261 Å². The Hall–Kier alpha value is -3.27. The summed E-state index contributed by atoms with van der Waals surface area (Å²) < 4.78 is 74.2. The van der Waals surface area contributed by atoms with Gasteiger partial charge in [0.2, 0.25) is 5.95 Å². The zero-order valence-corrected chi connectivity index (χ0v) is 25.8. The Kier molecular flexibility index (Phi) is 6.89. The summed E-state index contributed by atoms with van der Waals surface area (Å²) in [6.07, 6.45) is 0.299. The molecule has 2 unspecified atom stereocenters. The van der Waals surface area contributed by atoms with Crippen LogP contribution in [-0.2, 0) is 20.8 Å². The van der Waals surface area contributed by atoms with Crippen molar-refractivity contribution in [2.75, 3.05) is 48.8 Å². The third-order valence-corrected chi connectivity index (χ3v) is 12.3. The van der Waals surface area contributed by atoms with Gasteiger partial charge in [-0.1, -0.05) is 0 Å². The first kappa shape index (κ1) is 29.2. The van der Waals surface area contributed by atoms with E-state index in [2.05, 4.69) is 31.6 Å². The van der Waals surface area contributed by atoms with Gasteiger partial charge in [-0.3, -0.25) is 4.79 Å². The summed E-state index contributed by atoms with van der Waals surface area (Å²) >= 11 is 0.714. The molecule has 4 fully saturated rings. The van der Waals surface area contributed by atoms with E-state index in [-0.39, 0.29) is 38.9 Å². The van der Waals surface area contributed by atoms with Crippen LogP contribution in [0.4, 0.5) is 30.5 Å². The minimum absolute atomic E-state index is 0.000762. The normalized spacial score (nSPS) is 24.7. The highest BCUT2D eigenvalue weighted by Gasteiger charge is 2.41. The molecule has 8 rings (SSSR count). The fourth-order valence-electron chi connectivity index (χ4n) is 6.74. The third-order valence-electron chi connectivity index (χ3n) is 9.36. The maximum Gasteiger partial charge on any atom is 0.420 e. The second kappa shape index (κ2) is 10.6. The van der Waals surface area contributed by atoms with Gasteiger partial charge < -0.3 is 25.2 Å². The topological polar surface area (TPSA) is 117 Å². The molecular weight excluding hydrogens is 629 g/mol. The second-order valence-electron chi connectivity index (χ2n) is 12.5. The van der Waals surface area contributed by atoms with E-state index in [0.717, 1.165) is 48.9 Å². The van der Waals surface area contributed by atoms with Gasteiger partial charge in [-0.2, -0.15) is 13.2 Å². The summed E-state index contributed by atoms with van der Waals surface area (Å²) in [7, 11) is -3.92. The van der Waals surface area contributed by atoms with Crippen molar-refractivity contribution in [2.45, 2.75) is 60.8 Å². The molecule has 45 heavy (non-hydrogen) atoms. The van der Waals surface area contributed by atoms with E-state index in [0.29, 0.717) is 48.7 Å². The highest BCUT2D eigenvalue weighted by molar-refractivity contribution is 7.91. The first-order chi connectivity index (χ1) is 21.5. The van der Waals surface area contributed by atoms with E-state index in [1.54, 1.807) is 0 Å². The van der Waals surface area contributed by atoms with Crippen molar-refractivity contribution in [1.82, 2.24) is 20.2 Å². The molecule has 5 aliphatic rings. The van der Waals surface area contributed by atoms with E-state index in [1.807, 2.05) is 12.1 Å². The lowest BCUT2D eigenvalue weighted by atomic mass is 10.1. The van der Waals surface area contributed by atoms with Crippen LogP contribution in [0.1, 0.15) is 52.4 Å². The molecule has 2 atom stereocenters. The van der Waals surface area contributed by atoms with Crippen LogP contribution in [0.5, 0.6) is 0 Å². The predicted molar refractivity (Wildman–Crippen MR) is 162 cm³/mol. The SMILES string of the molecule is O=C1c2sc(-c3nc(Nc4ccc(N5CC6CCC(C5)N6)cc4C4CC4)ncc3C(F)(F)F)cc2S(=O)(=O)CCN1C1COC1. The average Bonchev–Trinajstić information content (AvgIpc) is 3.64. The number of halogens is 3. The van der Waals surface area contributed by atoms with E-state index >= 15 is 0 Å². The van der Waals surface area contributed by atoms with Crippen LogP contribution >= 0.6 is 11.3 Å².